The Morgan fingerprint density at radius 3 is 1.32 bits per heavy atom. The second-order valence-electron chi connectivity index (χ2n) is 23.9. The van der Waals surface area contributed by atoms with Crippen LogP contribution in [0.2, 0.25) is 0 Å². The van der Waals surface area contributed by atoms with Crippen LogP contribution in [0.15, 0.2) is 267 Å². The highest BCUT2D eigenvalue weighted by Crippen LogP contribution is 2.42. The predicted molar refractivity (Wildman–Crippen MR) is 493 cm³/mol. The van der Waals surface area contributed by atoms with Gasteiger partial charge in [0.2, 0.25) is 28.3 Å². The van der Waals surface area contributed by atoms with E-state index >= 15 is 0 Å². The molecule has 0 N–H and O–H groups in total. The molecule has 5 heterocycles. The summed E-state index contributed by atoms with van der Waals surface area (Å²) in [6, 6.07) is 88.2. The smallest absolute Gasteiger partial charge is 0.220 e. The molecule has 0 unspecified atom stereocenters. The minimum absolute atomic E-state index is 0. The first-order chi connectivity index (χ1) is 53.2. The normalized spacial score (nSPS) is 11.1. The van der Waals surface area contributed by atoms with E-state index in [1.165, 1.54) is 133 Å². The summed E-state index contributed by atoms with van der Waals surface area (Å²) in [5.74, 6) is 0. The molecule has 0 bridgehead atoms. The topological polar surface area (TPSA) is 22.0 Å². The summed E-state index contributed by atoms with van der Waals surface area (Å²) >= 11 is 0. The van der Waals surface area contributed by atoms with E-state index < -0.39 is 0 Å². The van der Waals surface area contributed by atoms with Gasteiger partial charge in [0.15, 0.2) is 18.6 Å². The SMILES string of the molecule is C.CC.CC.CC.CC.CC.CC.CC.CC.CC.CC.Cc1ccc2c(c1-c1cccc[n+]1C)Cc1ccccc1-2.Cc1ccccc1-c1c2ccccc2cc[n+]1C.Cc1ccccc1-c1cc2ccccc2c[n+]1C.Cc1ccccc1-c1ccc2ccccc2[n+]1C.Cc1ccccc1N1CCN(C)[C@@H]1C. The summed E-state index contributed by atoms with van der Waals surface area (Å²) in [6.45, 7) is 55.4. The Balaban J connectivity index is 0.00000128. The zero-order valence-corrected chi connectivity index (χ0v) is 73.8. The number of aromatic nitrogens is 4. The Hall–Kier alpha value is -9.88. The molecule has 4 aromatic heterocycles. The molecular weight excluding hydrogens is 1330 g/mol. The zero-order chi connectivity index (χ0) is 82.1. The summed E-state index contributed by atoms with van der Waals surface area (Å²) in [7, 11) is 10.6. The van der Waals surface area contributed by atoms with Crippen LogP contribution in [0.3, 0.4) is 0 Å². The van der Waals surface area contributed by atoms with Gasteiger partial charge in [0.25, 0.3) is 0 Å². The first-order valence-corrected chi connectivity index (χ1v) is 41.3. The molecule has 1 aliphatic heterocycles. The van der Waals surface area contributed by atoms with Crippen molar-refractivity contribution in [1.29, 1.82) is 0 Å². The average Bonchev–Trinajstić information content (AvgIpc) is 1.60. The van der Waals surface area contributed by atoms with Crippen LogP contribution >= 0.6 is 0 Å². The maximum Gasteiger partial charge on any atom is 0.220 e. The number of anilines is 1. The van der Waals surface area contributed by atoms with Crippen LogP contribution < -0.4 is 23.2 Å². The Morgan fingerprint density at radius 1 is 0.327 bits per heavy atom. The first kappa shape index (κ1) is 100. The van der Waals surface area contributed by atoms with Crippen LogP contribution in [-0.4, -0.2) is 31.2 Å². The molecule has 1 fully saturated rings. The standard InChI is InChI=1S/C20H18N.3C17H16N.C12H18N2.10C2H6.CH4/c1-14-10-11-17-16-8-4-3-7-15(16)13-18(17)20(14)19-9-5-6-12-21(19)2;1-13-7-3-6-10-16(13)17-11-14-8-4-5-9-15(14)12-18(17)2;1-13-7-3-5-9-15(13)17-16-10-6-4-8-14(16)11-12-18(17)2;1-13-7-3-5-9-15(13)17-12-11-14-8-4-6-10-16(14)18(17)2;1-10-6-4-5-7-12(10)14-9-8-13(3)11(14)2;10*1-2;/h3-12H,13H2,1-2H3;3*3-12H,1-2H3;4-7,11H,8-9H2,1-3H3;10*1-2H3;1H4/q4*+1;;;;;;;;;;;;/t;;;;11-;;;;;;;;;;;/m....0.........../s1. The lowest BCUT2D eigenvalue weighted by atomic mass is 9.94. The molecule has 0 radical (unpaired) electrons. The quantitative estimate of drug-likeness (QED) is 0.160. The molecule has 590 valence electrons. The van der Waals surface area contributed by atoms with Gasteiger partial charge in [0, 0.05) is 82.6 Å². The Kier molecular flexibility index (Phi) is 51.3. The van der Waals surface area contributed by atoms with Gasteiger partial charge < -0.3 is 4.90 Å². The zero-order valence-electron chi connectivity index (χ0n) is 73.8. The summed E-state index contributed by atoms with van der Waals surface area (Å²) in [5.41, 5.74) is 25.4. The van der Waals surface area contributed by atoms with Gasteiger partial charge in [-0.05, 0) is 170 Å². The number of hydrogen-bond acceptors (Lipinski definition) is 2. The molecule has 13 aromatic rings. The molecule has 1 aliphatic carbocycles. The molecule has 6 heteroatoms. The van der Waals surface area contributed by atoms with Crippen LogP contribution in [0.5, 0.6) is 0 Å². The van der Waals surface area contributed by atoms with Crippen molar-refractivity contribution in [3.05, 3.63) is 306 Å². The van der Waals surface area contributed by atoms with Crippen LogP contribution in [0.1, 0.15) is 192 Å². The maximum absolute atomic E-state index is 2.47. The number of pyridine rings is 4. The Bertz CT molecular complexity index is 4600. The molecule has 0 spiro atoms. The number of para-hydroxylation sites is 2. The molecule has 0 amide bonds. The molecule has 110 heavy (non-hydrogen) atoms. The fourth-order valence-electron chi connectivity index (χ4n) is 12.9. The Labute approximate surface area is 672 Å². The van der Waals surface area contributed by atoms with Gasteiger partial charge in [-0.2, -0.15) is 4.57 Å². The van der Waals surface area contributed by atoms with E-state index in [4.69, 9.17) is 0 Å². The number of aryl methyl sites for hydroxylation is 9. The number of benzene rings is 9. The average molecular weight is 1480 g/mol. The lowest BCUT2D eigenvalue weighted by molar-refractivity contribution is -0.660. The van der Waals surface area contributed by atoms with Gasteiger partial charge in [-0.3, -0.25) is 4.90 Å². The van der Waals surface area contributed by atoms with Crippen molar-refractivity contribution in [2.45, 2.75) is 200 Å². The fraction of sp³-hybridized carbons (Fsp3) is 0.346. The third kappa shape index (κ3) is 27.0. The number of rotatable bonds is 5. The van der Waals surface area contributed by atoms with Gasteiger partial charge in [-0.15, -0.1) is 0 Å². The number of likely N-dealkylation sites (N-methyl/N-ethyl adjacent to an activating group) is 1. The highest BCUT2D eigenvalue weighted by molar-refractivity contribution is 5.93. The molecule has 1 atom stereocenters. The highest BCUT2D eigenvalue weighted by atomic mass is 15.4. The molecule has 1 saturated heterocycles. The summed E-state index contributed by atoms with van der Waals surface area (Å²) in [4.78, 5) is 4.85. The van der Waals surface area contributed by atoms with Crippen LogP contribution in [-0.2, 0) is 34.6 Å². The van der Waals surface area contributed by atoms with Gasteiger partial charge in [-0.1, -0.05) is 304 Å². The number of nitrogens with zero attached hydrogens (tertiary/aromatic N) is 6. The second kappa shape index (κ2) is 56.4. The van der Waals surface area contributed by atoms with E-state index in [2.05, 4.69) is 372 Å². The van der Waals surface area contributed by atoms with E-state index in [0.717, 1.165) is 19.5 Å². The van der Waals surface area contributed by atoms with E-state index in [0.29, 0.717) is 6.17 Å². The summed E-state index contributed by atoms with van der Waals surface area (Å²) in [6.07, 6.45) is 8.01. The first-order valence-electron chi connectivity index (χ1n) is 41.3. The minimum Gasteiger partial charge on any atom is -0.355 e. The minimum atomic E-state index is 0. The molecule has 15 rings (SSSR count). The van der Waals surface area contributed by atoms with Gasteiger partial charge in [-0.25, -0.2) is 13.7 Å². The number of hydrogen-bond donors (Lipinski definition) is 0. The fourth-order valence-corrected chi connectivity index (χ4v) is 12.9. The van der Waals surface area contributed by atoms with Crippen LogP contribution in [0.4, 0.5) is 5.69 Å². The van der Waals surface area contributed by atoms with Crippen LogP contribution in [0.25, 0.3) is 88.6 Å². The van der Waals surface area contributed by atoms with E-state index in [-0.39, 0.29) is 7.43 Å². The van der Waals surface area contributed by atoms with Gasteiger partial charge >= 0.3 is 0 Å². The molecular formula is C104H148N6+4. The van der Waals surface area contributed by atoms with Crippen molar-refractivity contribution < 1.29 is 18.3 Å². The third-order valence-electron chi connectivity index (χ3n) is 18.1. The highest BCUT2D eigenvalue weighted by Gasteiger charge is 2.27. The largest absolute Gasteiger partial charge is 0.355 e. The molecule has 0 saturated carbocycles. The molecule has 9 aromatic carbocycles. The van der Waals surface area contributed by atoms with E-state index in [9.17, 15) is 0 Å². The van der Waals surface area contributed by atoms with Gasteiger partial charge in [0.05, 0.1) is 17.1 Å². The Morgan fingerprint density at radius 2 is 0.782 bits per heavy atom. The van der Waals surface area contributed by atoms with E-state index in [1.807, 2.05) is 138 Å². The van der Waals surface area contributed by atoms with Crippen molar-refractivity contribution in [3.63, 3.8) is 0 Å². The lowest BCUT2D eigenvalue weighted by Crippen LogP contribution is -2.34. The van der Waals surface area contributed by atoms with Crippen LogP contribution in [0, 0.1) is 34.6 Å². The van der Waals surface area contributed by atoms with Crippen molar-refractivity contribution in [3.8, 4) is 56.2 Å². The monoisotopic (exact) mass is 1480 g/mol. The van der Waals surface area contributed by atoms with Crippen molar-refractivity contribution in [2.75, 3.05) is 25.0 Å². The summed E-state index contributed by atoms with van der Waals surface area (Å²) in [5, 5.41) is 6.43. The van der Waals surface area contributed by atoms with Crippen molar-refractivity contribution in [2.24, 2.45) is 28.2 Å². The summed E-state index contributed by atoms with van der Waals surface area (Å²) < 4.78 is 8.87. The predicted octanol–water partition coefficient (Wildman–Crippen LogP) is 28.0. The third-order valence-corrected chi connectivity index (χ3v) is 18.1. The lowest BCUT2D eigenvalue weighted by Gasteiger charge is -2.27. The molecule has 2 aliphatic rings. The van der Waals surface area contributed by atoms with Crippen molar-refractivity contribution >= 4 is 38.1 Å². The van der Waals surface area contributed by atoms with Crippen molar-refractivity contribution in [1.82, 2.24) is 4.90 Å². The maximum atomic E-state index is 2.47. The second-order valence-corrected chi connectivity index (χ2v) is 23.9. The number of fused-ring (bicyclic) bond motifs is 6. The van der Waals surface area contributed by atoms with E-state index in [1.54, 1.807) is 0 Å². The van der Waals surface area contributed by atoms with Gasteiger partial charge in [0.1, 0.15) is 28.2 Å². The molecule has 6 nitrogen and oxygen atoms in total.